The Balaban J connectivity index is 2.36. The van der Waals surface area contributed by atoms with Crippen molar-refractivity contribution in [3.63, 3.8) is 0 Å². The first-order chi connectivity index (χ1) is 12.9. The van der Waals surface area contributed by atoms with Gasteiger partial charge in [0.2, 0.25) is 0 Å². The van der Waals surface area contributed by atoms with Crippen LogP contribution < -0.4 is 4.74 Å². The van der Waals surface area contributed by atoms with Gasteiger partial charge in [0.05, 0.1) is 5.56 Å². The topological polar surface area (TPSA) is 77.4 Å². The molecule has 1 unspecified atom stereocenters. The molecule has 0 fully saturated rings. The molecule has 2 aromatic rings. The SMILES string of the molecule is CO/N=C(/C(=O)N(C)C(=O)OC(C)Cl)c1ccccc1Oc1ccccc1. The third kappa shape index (κ3) is 5.46. The van der Waals surface area contributed by atoms with E-state index in [9.17, 15) is 9.59 Å². The summed E-state index contributed by atoms with van der Waals surface area (Å²) in [6.07, 6.45) is -0.909. The molecule has 7 nitrogen and oxygen atoms in total. The van der Waals surface area contributed by atoms with E-state index in [-0.39, 0.29) is 5.71 Å². The van der Waals surface area contributed by atoms with Gasteiger partial charge in [0.25, 0.3) is 5.91 Å². The number of imide groups is 1. The lowest BCUT2D eigenvalue weighted by Crippen LogP contribution is -2.39. The van der Waals surface area contributed by atoms with E-state index in [1.54, 1.807) is 36.4 Å². The van der Waals surface area contributed by atoms with Gasteiger partial charge in [0.15, 0.2) is 11.3 Å². The number of halogens is 1. The molecule has 0 aliphatic carbocycles. The summed E-state index contributed by atoms with van der Waals surface area (Å²) in [7, 11) is 2.56. The summed E-state index contributed by atoms with van der Waals surface area (Å²) < 4.78 is 10.7. The Kier molecular flexibility index (Phi) is 7.19. The van der Waals surface area contributed by atoms with Crippen LogP contribution in [0.5, 0.6) is 11.5 Å². The quantitative estimate of drug-likeness (QED) is 0.423. The van der Waals surface area contributed by atoms with Crippen molar-refractivity contribution < 1.29 is 23.9 Å². The van der Waals surface area contributed by atoms with E-state index < -0.39 is 17.6 Å². The molecule has 0 bridgehead atoms. The predicted molar refractivity (Wildman–Crippen MR) is 101 cm³/mol. The molecule has 8 heteroatoms. The molecule has 0 aliphatic heterocycles. The van der Waals surface area contributed by atoms with Crippen LogP contribution >= 0.6 is 11.6 Å². The minimum atomic E-state index is -0.909. The van der Waals surface area contributed by atoms with E-state index in [1.807, 2.05) is 18.2 Å². The van der Waals surface area contributed by atoms with Gasteiger partial charge in [-0.2, -0.15) is 0 Å². The number of hydrogen-bond donors (Lipinski definition) is 0. The molecular weight excluding hydrogens is 372 g/mol. The molecule has 0 aliphatic rings. The van der Waals surface area contributed by atoms with Gasteiger partial charge in [-0.05, 0) is 31.2 Å². The lowest BCUT2D eigenvalue weighted by molar-refractivity contribution is -0.121. The van der Waals surface area contributed by atoms with Crippen LogP contribution in [-0.4, -0.2) is 42.3 Å². The van der Waals surface area contributed by atoms with Crippen molar-refractivity contribution in [2.24, 2.45) is 5.16 Å². The summed E-state index contributed by atoms with van der Waals surface area (Å²) in [6, 6.07) is 15.8. The molecule has 0 saturated heterocycles. The van der Waals surface area contributed by atoms with Gasteiger partial charge in [0.1, 0.15) is 18.6 Å². The van der Waals surface area contributed by atoms with Gasteiger partial charge in [-0.3, -0.25) is 4.79 Å². The van der Waals surface area contributed by atoms with Crippen LogP contribution in [0.2, 0.25) is 0 Å². The van der Waals surface area contributed by atoms with Crippen LogP contribution in [0, 0.1) is 0 Å². The monoisotopic (exact) mass is 390 g/mol. The standard InChI is InChI=1S/C19H19ClN2O5/c1-13(20)26-19(24)22(2)18(23)17(21-25-3)15-11-7-8-12-16(15)27-14-9-5-4-6-10-14/h4-13H,1-3H3/b21-17+. The van der Waals surface area contributed by atoms with Crippen molar-refractivity contribution >= 4 is 29.3 Å². The van der Waals surface area contributed by atoms with Crippen LogP contribution in [0.15, 0.2) is 59.8 Å². The number of alkyl halides is 1. The zero-order valence-corrected chi connectivity index (χ0v) is 15.8. The van der Waals surface area contributed by atoms with Crippen molar-refractivity contribution in [2.45, 2.75) is 12.5 Å². The molecular formula is C19H19ClN2O5. The maximum absolute atomic E-state index is 12.8. The Morgan fingerprint density at radius 3 is 2.33 bits per heavy atom. The Labute approximate surface area is 162 Å². The lowest BCUT2D eigenvalue weighted by atomic mass is 10.1. The van der Waals surface area contributed by atoms with Gasteiger partial charge in [-0.15, -0.1) is 0 Å². The summed E-state index contributed by atoms with van der Waals surface area (Å²) in [4.78, 5) is 30.3. The largest absolute Gasteiger partial charge is 0.457 e. The van der Waals surface area contributed by atoms with E-state index in [0.717, 1.165) is 4.90 Å². The minimum absolute atomic E-state index is 0.120. The fourth-order valence-electron chi connectivity index (χ4n) is 2.12. The van der Waals surface area contributed by atoms with Crippen LogP contribution in [0.4, 0.5) is 4.79 Å². The number of likely N-dealkylation sites (N-methyl/N-ethyl adjacent to an activating group) is 1. The first kappa shape index (κ1) is 20.3. The lowest BCUT2D eigenvalue weighted by Gasteiger charge is -2.18. The molecule has 142 valence electrons. The number of carbonyl (C=O) groups is 2. The number of nitrogens with zero attached hydrogens (tertiary/aromatic N) is 2. The molecule has 0 heterocycles. The second kappa shape index (κ2) is 9.59. The number of oxime groups is 1. The molecule has 2 amide bonds. The Morgan fingerprint density at radius 2 is 1.70 bits per heavy atom. The molecule has 0 saturated carbocycles. The summed E-state index contributed by atoms with van der Waals surface area (Å²) in [5.41, 5.74) is -0.651. The van der Waals surface area contributed by atoms with Crippen molar-refractivity contribution in [1.29, 1.82) is 0 Å². The fraction of sp³-hybridized carbons (Fsp3) is 0.211. The Hall–Kier alpha value is -3.06. The summed E-state index contributed by atoms with van der Waals surface area (Å²) >= 11 is 5.64. The normalized spacial score (nSPS) is 12.1. The second-order valence-corrected chi connectivity index (χ2v) is 5.94. The van der Waals surface area contributed by atoms with Crippen LogP contribution in [0.3, 0.4) is 0 Å². The highest BCUT2D eigenvalue weighted by atomic mass is 35.5. The third-order valence-electron chi connectivity index (χ3n) is 3.34. The number of carbonyl (C=O) groups excluding carboxylic acids is 2. The minimum Gasteiger partial charge on any atom is -0.457 e. The third-order valence-corrected chi connectivity index (χ3v) is 3.43. The molecule has 0 spiro atoms. The smallest absolute Gasteiger partial charge is 0.418 e. The molecule has 2 aromatic carbocycles. The van der Waals surface area contributed by atoms with Gasteiger partial charge in [-0.1, -0.05) is 47.1 Å². The molecule has 27 heavy (non-hydrogen) atoms. The number of para-hydroxylation sites is 2. The van der Waals surface area contributed by atoms with Crippen LogP contribution in [-0.2, 0) is 14.4 Å². The van der Waals surface area contributed by atoms with Crippen LogP contribution in [0.1, 0.15) is 12.5 Å². The van der Waals surface area contributed by atoms with Crippen LogP contribution in [0.25, 0.3) is 0 Å². The average Bonchev–Trinajstić information content (AvgIpc) is 2.66. The first-order valence-corrected chi connectivity index (χ1v) is 8.44. The zero-order valence-electron chi connectivity index (χ0n) is 15.1. The summed E-state index contributed by atoms with van der Waals surface area (Å²) in [5, 5.41) is 3.78. The Bertz CT molecular complexity index is 824. The number of ether oxygens (including phenoxy) is 2. The number of hydrogen-bond acceptors (Lipinski definition) is 6. The van der Waals surface area contributed by atoms with Crippen molar-refractivity contribution in [3.8, 4) is 11.5 Å². The maximum Gasteiger partial charge on any atom is 0.418 e. The van der Waals surface area contributed by atoms with E-state index in [4.69, 9.17) is 25.9 Å². The van der Waals surface area contributed by atoms with Crippen molar-refractivity contribution in [1.82, 2.24) is 4.90 Å². The van der Waals surface area contributed by atoms with Crippen molar-refractivity contribution in [3.05, 3.63) is 60.2 Å². The highest BCUT2D eigenvalue weighted by Crippen LogP contribution is 2.26. The van der Waals surface area contributed by atoms with E-state index in [0.29, 0.717) is 17.1 Å². The Morgan fingerprint density at radius 1 is 1.07 bits per heavy atom. The molecule has 0 radical (unpaired) electrons. The van der Waals surface area contributed by atoms with Gasteiger partial charge in [0, 0.05) is 7.05 Å². The number of amides is 2. The molecule has 0 aromatic heterocycles. The molecule has 1 atom stereocenters. The van der Waals surface area contributed by atoms with Crippen molar-refractivity contribution in [2.75, 3.05) is 14.2 Å². The molecule has 0 N–H and O–H groups in total. The zero-order chi connectivity index (χ0) is 19.8. The number of benzene rings is 2. The van der Waals surface area contributed by atoms with Gasteiger partial charge >= 0.3 is 6.09 Å². The average molecular weight is 391 g/mol. The fourth-order valence-corrected chi connectivity index (χ4v) is 2.20. The number of rotatable bonds is 6. The second-order valence-electron chi connectivity index (χ2n) is 5.32. The highest BCUT2D eigenvalue weighted by molar-refractivity contribution is 6.47. The van der Waals surface area contributed by atoms with Gasteiger partial charge in [-0.25, -0.2) is 9.69 Å². The first-order valence-electron chi connectivity index (χ1n) is 8.00. The summed E-state index contributed by atoms with van der Waals surface area (Å²) in [6.45, 7) is 1.46. The van der Waals surface area contributed by atoms with E-state index >= 15 is 0 Å². The predicted octanol–water partition coefficient (Wildman–Crippen LogP) is 4.01. The summed E-state index contributed by atoms with van der Waals surface area (Å²) in [5.74, 6) is 0.224. The molecule has 2 rings (SSSR count). The maximum atomic E-state index is 12.8. The van der Waals surface area contributed by atoms with Gasteiger partial charge < -0.3 is 14.3 Å². The highest BCUT2D eigenvalue weighted by Gasteiger charge is 2.28. The van der Waals surface area contributed by atoms with E-state index in [2.05, 4.69) is 5.16 Å². The van der Waals surface area contributed by atoms with E-state index in [1.165, 1.54) is 21.1 Å².